The average Bonchev–Trinajstić information content (AvgIpc) is 2.75. The highest BCUT2D eigenvalue weighted by Crippen LogP contribution is 2.12. The Kier molecular flexibility index (Phi) is 6.47. The third-order valence-corrected chi connectivity index (χ3v) is 3.73. The molecule has 0 fully saturated rings. The molecule has 0 aromatic heterocycles. The summed E-state index contributed by atoms with van der Waals surface area (Å²) in [6, 6.07) is 25.1. The molecule has 0 bridgehead atoms. The lowest BCUT2D eigenvalue weighted by Gasteiger charge is -2.02. The van der Waals surface area contributed by atoms with E-state index in [2.05, 4.69) is 10.5 Å². The van der Waals surface area contributed by atoms with Gasteiger partial charge in [0.25, 0.3) is 5.91 Å². The van der Waals surface area contributed by atoms with E-state index in [1.165, 1.54) is 12.3 Å². The Morgan fingerprint density at radius 1 is 0.786 bits per heavy atom. The second kappa shape index (κ2) is 9.64. The highest BCUT2D eigenvalue weighted by Gasteiger charge is 2.02. The minimum atomic E-state index is -0.458. The number of hydrogen-bond donors (Lipinski definition) is 1. The van der Waals surface area contributed by atoms with Gasteiger partial charge in [-0.25, -0.2) is 10.2 Å². The molecule has 5 heteroatoms. The number of esters is 1. The van der Waals surface area contributed by atoms with Gasteiger partial charge in [-0.15, -0.1) is 0 Å². The van der Waals surface area contributed by atoms with Gasteiger partial charge in [-0.1, -0.05) is 48.5 Å². The Hall–Kier alpha value is -3.99. The number of benzene rings is 3. The summed E-state index contributed by atoms with van der Waals surface area (Å²) in [7, 11) is 0. The maximum atomic E-state index is 11.9. The highest BCUT2D eigenvalue weighted by atomic mass is 16.5. The second-order valence-electron chi connectivity index (χ2n) is 5.80. The number of nitrogens with one attached hydrogen (secondary N) is 1. The van der Waals surface area contributed by atoms with E-state index in [-0.39, 0.29) is 5.91 Å². The Balaban J connectivity index is 1.51. The first-order valence-corrected chi connectivity index (χ1v) is 8.64. The zero-order chi connectivity index (χ0) is 19.6. The summed E-state index contributed by atoms with van der Waals surface area (Å²) in [5, 5.41) is 3.93. The molecule has 3 aromatic carbocycles. The lowest BCUT2D eigenvalue weighted by atomic mass is 10.2. The van der Waals surface area contributed by atoms with Gasteiger partial charge in [0.05, 0.1) is 6.21 Å². The molecule has 0 unspecified atom stereocenters. The van der Waals surface area contributed by atoms with Gasteiger partial charge >= 0.3 is 5.97 Å². The molecule has 3 rings (SSSR count). The van der Waals surface area contributed by atoms with Crippen LogP contribution in [-0.4, -0.2) is 18.1 Å². The predicted octanol–water partition coefficient (Wildman–Crippen LogP) is 4.07. The predicted molar refractivity (Wildman–Crippen MR) is 109 cm³/mol. The zero-order valence-corrected chi connectivity index (χ0v) is 15.0. The lowest BCUT2D eigenvalue weighted by Crippen LogP contribution is -2.17. The van der Waals surface area contributed by atoms with Crippen molar-refractivity contribution >= 4 is 24.2 Å². The van der Waals surface area contributed by atoms with Crippen LogP contribution in [-0.2, 0) is 4.79 Å². The molecule has 1 amide bonds. The molecule has 3 aromatic rings. The van der Waals surface area contributed by atoms with Crippen molar-refractivity contribution in [2.45, 2.75) is 0 Å². The monoisotopic (exact) mass is 370 g/mol. The summed E-state index contributed by atoms with van der Waals surface area (Å²) >= 11 is 0. The molecule has 0 saturated heterocycles. The van der Waals surface area contributed by atoms with Crippen molar-refractivity contribution in [3.05, 3.63) is 108 Å². The van der Waals surface area contributed by atoms with Gasteiger partial charge in [-0.2, -0.15) is 5.10 Å². The van der Waals surface area contributed by atoms with Crippen LogP contribution in [0, 0.1) is 0 Å². The molecular formula is C23H18N2O3. The molecule has 1 N–H and O–H groups in total. The van der Waals surface area contributed by atoms with Crippen LogP contribution in [0.2, 0.25) is 0 Å². The van der Waals surface area contributed by atoms with Crippen molar-refractivity contribution in [2.24, 2.45) is 5.10 Å². The van der Waals surface area contributed by atoms with Gasteiger partial charge in [0.1, 0.15) is 5.75 Å². The van der Waals surface area contributed by atoms with Gasteiger partial charge in [-0.05, 0) is 53.6 Å². The first-order chi connectivity index (χ1) is 13.7. The van der Waals surface area contributed by atoms with Crippen LogP contribution < -0.4 is 10.2 Å². The fourth-order valence-corrected chi connectivity index (χ4v) is 2.32. The van der Waals surface area contributed by atoms with Gasteiger partial charge in [0.15, 0.2) is 0 Å². The number of nitrogens with zero attached hydrogens (tertiary/aromatic N) is 1. The van der Waals surface area contributed by atoms with Crippen LogP contribution in [0.15, 0.2) is 96.1 Å². The van der Waals surface area contributed by atoms with Gasteiger partial charge in [0, 0.05) is 11.6 Å². The molecular weight excluding hydrogens is 352 g/mol. The molecule has 0 atom stereocenters. The first-order valence-electron chi connectivity index (χ1n) is 8.64. The van der Waals surface area contributed by atoms with E-state index in [9.17, 15) is 9.59 Å². The Morgan fingerprint density at radius 3 is 2.11 bits per heavy atom. The molecule has 0 spiro atoms. The summed E-state index contributed by atoms with van der Waals surface area (Å²) in [6.07, 6.45) is 4.59. The second-order valence-corrected chi connectivity index (χ2v) is 5.80. The number of rotatable bonds is 6. The molecule has 0 radical (unpaired) electrons. The number of carbonyl (C=O) groups excluding carboxylic acids is 2. The van der Waals surface area contributed by atoms with Crippen LogP contribution in [0.5, 0.6) is 5.75 Å². The molecule has 0 aliphatic carbocycles. The molecule has 0 aliphatic rings. The Labute approximate surface area is 163 Å². The lowest BCUT2D eigenvalue weighted by molar-refractivity contribution is -0.128. The van der Waals surface area contributed by atoms with Gasteiger partial charge in [-0.3, -0.25) is 4.79 Å². The van der Waals surface area contributed by atoms with Crippen molar-refractivity contribution in [2.75, 3.05) is 0 Å². The van der Waals surface area contributed by atoms with Crippen molar-refractivity contribution < 1.29 is 14.3 Å². The summed E-state index contributed by atoms with van der Waals surface area (Å²) in [4.78, 5) is 23.8. The van der Waals surface area contributed by atoms with E-state index < -0.39 is 5.97 Å². The van der Waals surface area contributed by atoms with E-state index in [1.807, 2.05) is 36.4 Å². The number of hydrazone groups is 1. The minimum absolute atomic E-state index is 0.285. The SMILES string of the molecule is O=C(/C=C/c1ccccc1)Oc1ccc(/C=N\NC(=O)c2ccccc2)cc1. The summed E-state index contributed by atoms with van der Waals surface area (Å²) < 4.78 is 5.25. The average molecular weight is 370 g/mol. The van der Waals surface area contributed by atoms with E-state index >= 15 is 0 Å². The fourth-order valence-electron chi connectivity index (χ4n) is 2.32. The van der Waals surface area contributed by atoms with Gasteiger partial charge < -0.3 is 4.74 Å². The number of amides is 1. The summed E-state index contributed by atoms with van der Waals surface area (Å²) in [6.45, 7) is 0. The largest absolute Gasteiger partial charge is 0.423 e. The molecule has 0 saturated carbocycles. The van der Waals surface area contributed by atoms with Crippen molar-refractivity contribution in [1.29, 1.82) is 0 Å². The quantitative estimate of drug-likeness (QED) is 0.234. The van der Waals surface area contributed by atoms with E-state index in [0.29, 0.717) is 11.3 Å². The van der Waals surface area contributed by atoms with Crippen LogP contribution in [0.25, 0.3) is 6.08 Å². The van der Waals surface area contributed by atoms with Crippen molar-refractivity contribution in [1.82, 2.24) is 5.43 Å². The molecule has 138 valence electrons. The van der Waals surface area contributed by atoms with Crippen LogP contribution in [0.3, 0.4) is 0 Å². The van der Waals surface area contributed by atoms with Crippen molar-refractivity contribution in [3.8, 4) is 5.75 Å². The standard InChI is InChI=1S/C23H18N2O3/c26-22(16-13-18-7-3-1-4-8-18)28-21-14-11-19(12-15-21)17-24-25-23(27)20-9-5-2-6-10-20/h1-17H,(H,25,27)/b16-13+,24-17-. The smallest absolute Gasteiger partial charge is 0.336 e. The Bertz CT molecular complexity index is 979. The highest BCUT2D eigenvalue weighted by molar-refractivity contribution is 5.94. The third kappa shape index (κ3) is 5.78. The molecule has 5 nitrogen and oxygen atoms in total. The van der Waals surface area contributed by atoms with E-state index in [0.717, 1.165) is 11.1 Å². The maximum absolute atomic E-state index is 11.9. The molecule has 28 heavy (non-hydrogen) atoms. The summed E-state index contributed by atoms with van der Waals surface area (Å²) in [5.74, 6) is -0.318. The Morgan fingerprint density at radius 2 is 1.43 bits per heavy atom. The van der Waals surface area contributed by atoms with E-state index in [4.69, 9.17) is 4.74 Å². The number of carbonyl (C=O) groups is 2. The number of ether oxygens (including phenoxy) is 1. The molecule has 0 heterocycles. The van der Waals surface area contributed by atoms with Crippen LogP contribution >= 0.6 is 0 Å². The van der Waals surface area contributed by atoms with Crippen LogP contribution in [0.1, 0.15) is 21.5 Å². The van der Waals surface area contributed by atoms with Crippen LogP contribution in [0.4, 0.5) is 0 Å². The fraction of sp³-hybridized carbons (Fsp3) is 0. The minimum Gasteiger partial charge on any atom is -0.423 e. The van der Waals surface area contributed by atoms with E-state index in [1.54, 1.807) is 54.6 Å². The normalized spacial score (nSPS) is 10.9. The third-order valence-electron chi connectivity index (χ3n) is 3.73. The maximum Gasteiger partial charge on any atom is 0.336 e. The number of hydrogen-bond acceptors (Lipinski definition) is 4. The molecule has 0 aliphatic heterocycles. The van der Waals surface area contributed by atoms with Gasteiger partial charge in [0.2, 0.25) is 0 Å². The summed E-state index contributed by atoms with van der Waals surface area (Å²) in [5.41, 5.74) is 4.67. The first kappa shape index (κ1) is 18.8. The topological polar surface area (TPSA) is 67.8 Å². The zero-order valence-electron chi connectivity index (χ0n) is 15.0. The van der Waals surface area contributed by atoms with Crippen molar-refractivity contribution in [3.63, 3.8) is 0 Å².